The lowest BCUT2D eigenvalue weighted by Crippen LogP contribution is -2.05. The largest absolute Gasteiger partial charge is 0.496 e. The third-order valence-corrected chi connectivity index (χ3v) is 3.17. The van der Waals surface area contributed by atoms with E-state index in [1.54, 1.807) is 17.9 Å². The number of nitrogen functional groups attached to an aromatic ring is 1. The Balaban J connectivity index is 2.01. The first-order valence-electron chi connectivity index (χ1n) is 6.52. The van der Waals surface area contributed by atoms with Crippen LogP contribution in [0.5, 0.6) is 5.75 Å². The van der Waals surface area contributed by atoms with E-state index in [4.69, 9.17) is 10.5 Å². The van der Waals surface area contributed by atoms with Crippen molar-refractivity contribution in [1.29, 1.82) is 0 Å². The van der Waals surface area contributed by atoms with Gasteiger partial charge in [0.2, 0.25) is 0 Å². The Morgan fingerprint density at radius 2 is 1.95 bits per heavy atom. The van der Waals surface area contributed by atoms with Gasteiger partial charge in [0.1, 0.15) is 5.75 Å². The van der Waals surface area contributed by atoms with Gasteiger partial charge in [0.25, 0.3) is 0 Å². The molecule has 0 amide bonds. The van der Waals surface area contributed by atoms with Gasteiger partial charge in [0.15, 0.2) is 5.82 Å². The predicted molar refractivity (Wildman–Crippen MR) is 79.8 cm³/mol. The summed E-state index contributed by atoms with van der Waals surface area (Å²) in [6, 6.07) is 15.4. The maximum atomic E-state index is 5.86. The SMILES string of the molecule is COc1ccc(N)cc1-c1nnnn1Cc1ccccc1. The molecule has 0 aliphatic rings. The van der Waals surface area contributed by atoms with E-state index < -0.39 is 0 Å². The number of hydrogen-bond donors (Lipinski definition) is 1. The summed E-state index contributed by atoms with van der Waals surface area (Å²) < 4.78 is 7.09. The number of methoxy groups -OCH3 is 1. The van der Waals surface area contributed by atoms with Crippen molar-refractivity contribution in [3.63, 3.8) is 0 Å². The molecule has 0 unspecified atom stereocenters. The monoisotopic (exact) mass is 281 g/mol. The zero-order valence-electron chi connectivity index (χ0n) is 11.6. The Hall–Kier alpha value is -2.89. The van der Waals surface area contributed by atoms with E-state index in [1.165, 1.54) is 0 Å². The Labute approximate surface area is 122 Å². The van der Waals surface area contributed by atoms with Gasteiger partial charge >= 0.3 is 0 Å². The van der Waals surface area contributed by atoms with Gasteiger partial charge in [-0.25, -0.2) is 4.68 Å². The average molecular weight is 281 g/mol. The maximum absolute atomic E-state index is 5.86. The van der Waals surface area contributed by atoms with Crippen molar-refractivity contribution in [3.8, 4) is 17.1 Å². The van der Waals surface area contributed by atoms with Crippen molar-refractivity contribution in [2.45, 2.75) is 6.54 Å². The molecule has 0 saturated heterocycles. The van der Waals surface area contributed by atoms with E-state index in [-0.39, 0.29) is 0 Å². The Kier molecular flexibility index (Phi) is 3.51. The Morgan fingerprint density at radius 3 is 2.71 bits per heavy atom. The molecule has 2 aromatic carbocycles. The summed E-state index contributed by atoms with van der Waals surface area (Å²) in [5.41, 5.74) is 8.39. The van der Waals surface area contributed by atoms with Crippen molar-refractivity contribution in [2.75, 3.05) is 12.8 Å². The number of aromatic nitrogens is 4. The van der Waals surface area contributed by atoms with Crippen molar-refractivity contribution in [2.24, 2.45) is 0 Å². The first kappa shape index (κ1) is 13.1. The van der Waals surface area contributed by atoms with Crippen LogP contribution >= 0.6 is 0 Å². The molecule has 1 aromatic heterocycles. The quantitative estimate of drug-likeness (QED) is 0.740. The van der Waals surface area contributed by atoms with Crippen LogP contribution in [0.4, 0.5) is 5.69 Å². The summed E-state index contributed by atoms with van der Waals surface area (Å²) in [7, 11) is 1.61. The van der Waals surface area contributed by atoms with Crippen molar-refractivity contribution in [1.82, 2.24) is 20.2 Å². The molecule has 1 heterocycles. The molecule has 3 aromatic rings. The number of hydrogen-bond acceptors (Lipinski definition) is 5. The smallest absolute Gasteiger partial charge is 0.186 e. The van der Waals surface area contributed by atoms with Crippen LogP contribution in [0.25, 0.3) is 11.4 Å². The summed E-state index contributed by atoms with van der Waals surface area (Å²) in [5, 5.41) is 11.9. The summed E-state index contributed by atoms with van der Waals surface area (Å²) in [6.45, 7) is 0.584. The molecule has 6 heteroatoms. The van der Waals surface area contributed by atoms with Crippen LogP contribution in [0.15, 0.2) is 48.5 Å². The van der Waals surface area contributed by atoms with Crippen molar-refractivity contribution < 1.29 is 4.74 Å². The minimum atomic E-state index is 0.584. The van der Waals surface area contributed by atoms with Gasteiger partial charge in [-0.1, -0.05) is 30.3 Å². The number of rotatable bonds is 4. The average Bonchev–Trinajstić information content (AvgIpc) is 2.96. The molecule has 21 heavy (non-hydrogen) atoms. The normalized spacial score (nSPS) is 10.5. The van der Waals surface area contributed by atoms with Gasteiger partial charge in [-0.3, -0.25) is 0 Å². The highest BCUT2D eigenvalue weighted by Crippen LogP contribution is 2.30. The summed E-state index contributed by atoms with van der Waals surface area (Å²) in [6.07, 6.45) is 0. The first-order chi connectivity index (χ1) is 10.3. The molecule has 0 aliphatic carbocycles. The van der Waals surface area contributed by atoms with Crippen molar-refractivity contribution >= 4 is 5.69 Å². The molecule has 106 valence electrons. The lowest BCUT2D eigenvalue weighted by Gasteiger charge is -2.09. The summed E-state index contributed by atoms with van der Waals surface area (Å²) >= 11 is 0. The summed E-state index contributed by atoms with van der Waals surface area (Å²) in [4.78, 5) is 0. The number of benzene rings is 2. The molecule has 0 radical (unpaired) electrons. The fourth-order valence-electron chi connectivity index (χ4n) is 2.16. The predicted octanol–water partition coefficient (Wildman–Crippen LogP) is 1.98. The molecule has 0 bridgehead atoms. The van der Waals surface area contributed by atoms with Crippen LogP contribution < -0.4 is 10.5 Å². The third kappa shape index (κ3) is 2.69. The molecule has 0 spiro atoms. The zero-order chi connectivity index (χ0) is 14.7. The molecule has 0 aliphatic heterocycles. The van der Waals surface area contributed by atoms with Crippen molar-refractivity contribution in [3.05, 3.63) is 54.1 Å². The van der Waals surface area contributed by atoms with E-state index in [1.807, 2.05) is 42.5 Å². The number of tetrazole rings is 1. The lowest BCUT2D eigenvalue weighted by atomic mass is 10.1. The van der Waals surface area contributed by atoms with E-state index in [9.17, 15) is 0 Å². The second kappa shape index (κ2) is 5.62. The molecular weight excluding hydrogens is 266 g/mol. The molecule has 3 rings (SSSR count). The molecule has 2 N–H and O–H groups in total. The van der Waals surface area contributed by atoms with E-state index >= 15 is 0 Å². The third-order valence-electron chi connectivity index (χ3n) is 3.17. The topological polar surface area (TPSA) is 78.8 Å². The molecule has 0 fully saturated rings. The number of anilines is 1. The Bertz CT molecular complexity index is 739. The van der Waals surface area contributed by atoms with Crippen LogP contribution in [0.3, 0.4) is 0 Å². The standard InChI is InChI=1S/C15H15N5O/c1-21-14-8-7-12(16)9-13(14)15-17-18-19-20(15)10-11-5-3-2-4-6-11/h2-9H,10,16H2,1H3. The number of nitrogens with two attached hydrogens (primary N) is 1. The highest BCUT2D eigenvalue weighted by Gasteiger charge is 2.14. The fourth-order valence-corrected chi connectivity index (χ4v) is 2.16. The van der Waals surface area contributed by atoms with Crippen LogP contribution in [0.2, 0.25) is 0 Å². The second-order valence-corrected chi connectivity index (χ2v) is 4.61. The highest BCUT2D eigenvalue weighted by molar-refractivity contribution is 5.68. The van der Waals surface area contributed by atoms with E-state index in [0.29, 0.717) is 23.8 Å². The zero-order valence-corrected chi connectivity index (χ0v) is 11.6. The van der Waals surface area contributed by atoms with Gasteiger partial charge in [-0.15, -0.1) is 5.10 Å². The molecule has 6 nitrogen and oxygen atoms in total. The Morgan fingerprint density at radius 1 is 1.14 bits per heavy atom. The first-order valence-corrected chi connectivity index (χ1v) is 6.52. The molecule has 0 saturated carbocycles. The van der Waals surface area contributed by atoms with Crippen LogP contribution in [0, 0.1) is 0 Å². The van der Waals surface area contributed by atoms with Crippen LogP contribution in [0.1, 0.15) is 5.56 Å². The molecule has 0 atom stereocenters. The number of nitrogens with zero attached hydrogens (tertiary/aromatic N) is 4. The van der Waals surface area contributed by atoms with Gasteiger partial charge < -0.3 is 10.5 Å². The van der Waals surface area contributed by atoms with E-state index in [2.05, 4.69) is 15.5 Å². The fraction of sp³-hybridized carbons (Fsp3) is 0.133. The van der Waals surface area contributed by atoms with Gasteiger partial charge in [0, 0.05) is 5.69 Å². The lowest BCUT2D eigenvalue weighted by molar-refractivity contribution is 0.416. The minimum Gasteiger partial charge on any atom is -0.496 e. The van der Waals surface area contributed by atoms with E-state index in [0.717, 1.165) is 11.1 Å². The molecular formula is C15H15N5O. The maximum Gasteiger partial charge on any atom is 0.186 e. The van der Waals surface area contributed by atoms with Gasteiger partial charge in [-0.05, 0) is 34.2 Å². The number of ether oxygens (including phenoxy) is 1. The highest BCUT2D eigenvalue weighted by atomic mass is 16.5. The van der Waals surface area contributed by atoms with Crippen LogP contribution in [-0.4, -0.2) is 27.3 Å². The van der Waals surface area contributed by atoms with Crippen LogP contribution in [-0.2, 0) is 6.54 Å². The second-order valence-electron chi connectivity index (χ2n) is 4.61. The summed E-state index contributed by atoms with van der Waals surface area (Å²) in [5.74, 6) is 1.32. The van der Waals surface area contributed by atoms with Gasteiger partial charge in [-0.2, -0.15) is 0 Å². The minimum absolute atomic E-state index is 0.584. The van der Waals surface area contributed by atoms with Gasteiger partial charge in [0.05, 0.1) is 19.2 Å².